The van der Waals surface area contributed by atoms with E-state index < -0.39 is 0 Å². The van der Waals surface area contributed by atoms with Crippen LogP contribution < -0.4 is 5.32 Å². The van der Waals surface area contributed by atoms with Crippen molar-refractivity contribution in [3.05, 3.63) is 18.5 Å². The number of nitrogens with one attached hydrogen (secondary N) is 1. The average Bonchev–Trinajstić information content (AvgIpc) is 2.30. The molecule has 0 aliphatic rings. The van der Waals surface area contributed by atoms with Crippen molar-refractivity contribution < 1.29 is 0 Å². The topological polar surface area (TPSA) is 17.0 Å². The molecule has 1 aromatic heterocycles. The first kappa shape index (κ1) is 9.17. The molecule has 0 saturated heterocycles. The maximum Gasteiger partial charge on any atom is 0.0519 e. The van der Waals surface area contributed by atoms with E-state index in [2.05, 4.69) is 38.4 Å². The number of nitrogens with zero attached hydrogens (tertiary/aromatic N) is 1. The maximum atomic E-state index is 3.38. The van der Waals surface area contributed by atoms with Crippen LogP contribution in [-0.2, 0) is 7.05 Å². The fourth-order valence-electron chi connectivity index (χ4n) is 0.975. The molecule has 0 unspecified atom stereocenters. The molecule has 68 valence electrons. The number of hydrogen-bond acceptors (Lipinski definition) is 1. The summed E-state index contributed by atoms with van der Waals surface area (Å²) >= 11 is 0. The van der Waals surface area contributed by atoms with Crippen molar-refractivity contribution in [3.8, 4) is 0 Å². The first-order valence-electron chi connectivity index (χ1n) is 4.33. The lowest BCUT2D eigenvalue weighted by Gasteiger charge is -2.18. The van der Waals surface area contributed by atoms with Gasteiger partial charge in [0.2, 0.25) is 0 Å². The van der Waals surface area contributed by atoms with Crippen molar-refractivity contribution in [3.63, 3.8) is 0 Å². The highest BCUT2D eigenvalue weighted by atomic mass is 15.0. The van der Waals surface area contributed by atoms with Gasteiger partial charge in [0.15, 0.2) is 0 Å². The minimum atomic E-state index is 0.343. The number of aryl methyl sites for hydroxylation is 1. The second kappa shape index (κ2) is 3.21. The Hall–Kier alpha value is -0.920. The molecule has 0 bridgehead atoms. The van der Waals surface area contributed by atoms with Crippen LogP contribution in [0.5, 0.6) is 0 Å². The van der Waals surface area contributed by atoms with Crippen LogP contribution >= 0.6 is 0 Å². The van der Waals surface area contributed by atoms with Gasteiger partial charge in [-0.15, -0.1) is 0 Å². The molecule has 2 nitrogen and oxygen atoms in total. The molecule has 12 heavy (non-hydrogen) atoms. The van der Waals surface area contributed by atoms with Gasteiger partial charge in [-0.25, -0.2) is 0 Å². The lowest BCUT2D eigenvalue weighted by molar-refractivity contribution is 0.443. The zero-order chi connectivity index (χ0) is 9.19. The van der Waals surface area contributed by atoms with Crippen molar-refractivity contribution in [2.24, 2.45) is 12.5 Å². The molecular formula is C10H18N2. The van der Waals surface area contributed by atoms with Gasteiger partial charge < -0.3 is 9.88 Å². The largest absolute Gasteiger partial charge is 0.383 e. The minimum Gasteiger partial charge on any atom is -0.383 e. The fraction of sp³-hybridized carbons (Fsp3) is 0.600. The van der Waals surface area contributed by atoms with Gasteiger partial charge in [-0.1, -0.05) is 20.8 Å². The zero-order valence-electron chi connectivity index (χ0n) is 8.39. The summed E-state index contributed by atoms with van der Waals surface area (Å²) < 4.78 is 2.05. The van der Waals surface area contributed by atoms with Crippen LogP contribution in [0.25, 0.3) is 0 Å². The molecule has 0 spiro atoms. The molecule has 1 rings (SSSR count). The number of anilines is 1. The molecule has 1 aromatic rings. The van der Waals surface area contributed by atoms with Crippen LogP contribution in [0.3, 0.4) is 0 Å². The fourth-order valence-corrected chi connectivity index (χ4v) is 0.975. The van der Waals surface area contributed by atoms with E-state index in [0.29, 0.717) is 5.41 Å². The molecule has 2 heteroatoms. The molecule has 0 aliphatic heterocycles. The Labute approximate surface area is 74.6 Å². The van der Waals surface area contributed by atoms with Crippen LogP contribution in [0.4, 0.5) is 5.69 Å². The maximum absolute atomic E-state index is 3.38. The Bertz CT molecular complexity index is 243. The lowest BCUT2D eigenvalue weighted by atomic mass is 9.97. The van der Waals surface area contributed by atoms with E-state index in [4.69, 9.17) is 0 Å². The Morgan fingerprint density at radius 3 is 2.50 bits per heavy atom. The van der Waals surface area contributed by atoms with Crippen molar-refractivity contribution >= 4 is 5.69 Å². The number of rotatable bonds is 2. The van der Waals surface area contributed by atoms with E-state index in [1.165, 1.54) is 5.69 Å². The highest BCUT2D eigenvalue weighted by molar-refractivity contribution is 5.41. The summed E-state index contributed by atoms with van der Waals surface area (Å²) in [7, 11) is 2.03. The molecule has 0 fully saturated rings. The SMILES string of the molecule is Cn1ccc(NCC(C)(C)C)c1. The summed E-state index contributed by atoms with van der Waals surface area (Å²) in [4.78, 5) is 0. The second-order valence-electron chi connectivity index (χ2n) is 4.48. The molecule has 0 aliphatic carbocycles. The van der Waals surface area contributed by atoms with E-state index in [0.717, 1.165) is 6.54 Å². The van der Waals surface area contributed by atoms with Gasteiger partial charge in [-0.3, -0.25) is 0 Å². The van der Waals surface area contributed by atoms with Crippen LogP contribution in [0.1, 0.15) is 20.8 Å². The summed E-state index contributed by atoms with van der Waals surface area (Å²) in [6, 6.07) is 2.09. The summed E-state index contributed by atoms with van der Waals surface area (Å²) in [5, 5.41) is 3.38. The van der Waals surface area contributed by atoms with Crippen LogP contribution in [0.15, 0.2) is 18.5 Å². The first-order valence-corrected chi connectivity index (χ1v) is 4.33. The van der Waals surface area contributed by atoms with Crippen molar-refractivity contribution in [2.75, 3.05) is 11.9 Å². The Morgan fingerprint density at radius 1 is 1.42 bits per heavy atom. The van der Waals surface area contributed by atoms with E-state index in [1.54, 1.807) is 0 Å². The van der Waals surface area contributed by atoms with E-state index in [1.807, 2.05) is 17.8 Å². The van der Waals surface area contributed by atoms with Crippen molar-refractivity contribution in [2.45, 2.75) is 20.8 Å². The Kier molecular flexibility index (Phi) is 2.46. The van der Waals surface area contributed by atoms with Crippen molar-refractivity contribution in [1.82, 2.24) is 4.57 Å². The molecule has 0 amide bonds. The third kappa shape index (κ3) is 2.99. The van der Waals surface area contributed by atoms with E-state index >= 15 is 0 Å². The highest BCUT2D eigenvalue weighted by Crippen LogP contribution is 2.15. The van der Waals surface area contributed by atoms with Gasteiger partial charge in [-0.05, 0) is 11.5 Å². The highest BCUT2D eigenvalue weighted by Gasteiger charge is 2.09. The monoisotopic (exact) mass is 166 g/mol. The Balaban J connectivity index is 2.44. The van der Waals surface area contributed by atoms with Crippen molar-refractivity contribution in [1.29, 1.82) is 0 Å². The summed E-state index contributed by atoms with van der Waals surface area (Å²) in [5.41, 5.74) is 1.54. The molecule has 1 N–H and O–H groups in total. The molecule has 0 saturated carbocycles. The van der Waals surface area contributed by atoms with Gasteiger partial charge in [-0.2, -0.15) is 0 Å². The van der Waals surface area contributed by atoms with Crippen LogP contribution in [0.2, 0.25) is 0 Å². The molecule has 0 radical (unpaired) electrons. The van der Waals surface area contributed by atoms with E-state index in [-0.39, 0.29) is 0 Å². The van der Waals surface area contributed by atoms with Gasteiger partial charge in [0.25, 0.3) is 0 Å². The Morgan fingerprint density at radius 2 is 2.08 bits per heavy atom. The molecular weight excluding hydrogens is 148 g/mol. The predicted octanol–water partition coefficient (Wildman–Crippen LogP) is 2.48. The normalized spacial score (nSPS) is 11.7. The molecule has 0 aromatic carbocycles. The summed E-state index contributed by atoms with van der Waals surface area (Å²) in [6.07, 6.45) is 4.14. The standard InChI is InChI=1S/C10H18N2/c1-10(2,3)8-11-9-5-6-12(4)7-9/h5-7,11H,8H2,1-4H3. The smallest absolute Gasteiger partial charge is 0.0519 e. The minimum absolute atomic E-state index is 0.343. The number of hydrogen-bond donors (Lipinski definition) is 1. The second-order valence-corrected chi connectivity index (χ2v) is 4.48. The van der Waals surface area contributed by atoms with Crippen LogP contribution in [-0.4, -0.2) is 11.1 Å². The summed E-state index contributed by atoms with van der Waals surface area (Å²) in [6.45, 7) is 7.69. The number of aromatic nitrogens is 1. The lowest BCUT2D eigenvalue weighted by Crippen LogP contribution is -2.18. The van der Waals surface area contributed by atoms with Gasteiger partial charge in [0.1, 0.15) is 0 Å². The molecule has 1 heterocycles. The third-order valence-electron chi connectivity index (χ3n) is 1.65. The van der Waals surface area contributed by atoms with Crippen LogP contribution in [0, 0.1) is 5.41 Å². The van der Waals surface area contributed by atoms with E-state index in [9.17, 15) is 0 Å². The van der Waals surface area contributed by atoms with Gasteiger partial charge in [0, 0.05) is 26.0 Å². The summed E-state index contributed by atoms with van der Waals surface area (Å²) in [5.74, 6) is 0. The van der Waals surface area contributed by atoms with Gasteiger partial charge in [0.05, 0.1) is 5.69 Å². The van der Waals surface area contributed by atoms with Gasteiger partial charge >= 0.3 is 0 Å². The average molecular weight is 166 g/mol. The quantitative estimate of drug-likeness (QED) is 0.714. The predicted molar refractivity (Wildman–Crippen MR) is 53.4 cm³/mol. The zero-order valence-corrected chi connectivity index (χ0v) is 8.39. The molecule has 0 atom stereocenters. The first-order chi connectivity index (χ1) is 5.47. The third-order valence-corrected chi connectivity index (χ3v) is 1.65.